The Balaban J connectivity index is 2.16. The molecule has 0 aromatic heterocycles. The second kappa shape index (κ2) is 3.80. The molecule has 22 heavy (non-hydrogen) atoms. The normalized spacial score (nSPS) is 13.6. The lowest BCUT2D eigenvalue weighted by molar-refractivity contribution is 0.0818. The van der Waals surface area contributed by atoms with Crippen molar-refractivity contribution < 1.29 is 9.59 Å². The summed E-state index contributed by atoms with van der Waals surface area (Å²) in [4.78, 5) is 24.9. The van der Waals surface area contributed by atoms with Crippen molar-refractivity contribution in [2.75, 3.05) is 0 Å². The van der Waals surface area contributed by atoms with E-state index in [1.54, 1.807) is 0 Å². The molecule has 2 aliphatic rings. The van der Waals surface area contributed by atoms with Gasteiger partial charge in [-0.05, 0) is 44.5 Å². The summed E-state index contributed by atoms with van der Waals surface area (Å²) >= 11 is 0. The van der Waals surface area contributed by atoms with Crippen LogP contribution in [0.25, 0.3) is 32.3 Å². The summed E-state index contributed by atoms with van der Waals surface area (Å²) in [6.45, 7) is 0. The highest BCUT2D eigenvalue weighted by Gasteiger charge is 2.33. The highest BCUT2D eigenvalue weighted by Crippen LogP contribution is 2.40. The highest BCUT2D eigenvalue weighted by molar-refractivity contribution is 6.60. The number of rotatable bonds is 0. The molecule has 2 heteroatoms. The Morgan fingerprint density at radius 3 is 1.36 bits per heavy atom. The highest BCUT2D eigenvalue weighted by atomic mass is 16.2. The minimum absolute atomic E-state index is 0.378. The van der Waals surface area contributed by atoms with Crippen LogP contribution >= 0.6 is 0 Å². The number of hydrogen-bond acceptors (Lipinski definition) is 2. The maximum atomic E-state index is 12.4. The third-order valence-electron chi connectivity index (χ3n) is 4.55. The molecule has 0 unspecified atom stereocenters. The topological polar surface area (TPSA) is 34.1 Å². The van der Waals surface area contributed by atoms with Crippen molar-refractivity contribution in [3.8, 4) is 0 Å². The van der Waals surface area contributed by atoms with Gasteiger partial charge in [-0.2, -0.15) is 0 Å². The van der Waals surface area contributed by atoms with E-state index in [2.05, 4.69) is 0 Å². The van der Waals surface area contributed by atoms with Gasteiger partial charge in [0, 0.05) is 11.1 Å². The molecule has 0 aliphatic heterocycles. The lowest BCUT2D eigenvalue weighted by Crippen LogP contribution is -2.22. The van der Waals surface area contributed by atoms with E-state index in [-0.39, 0.29) is 11.6 Å². The molecular formula is C20H10O2. The second-order valence-corrected chi connectivity index (χ2v) is 5.70. The third-order valence-corrected chi connectivity index (χ3v) is 4.55. The van der Waals surface area contributed by atoms with E-state index in [4.69, 9.17) is 0 Å². The maximum Gasteiger partial charge on any atom is 0.234 e. The van der Waals surface area contributed by atoms with Crippen molar-refractivity contribution in [2.45, 2.75) is 0 Å². The van der Waals surface area contributed by atoms with Crippen LogP contribution < -0.4 is 0 Å². The lowest BCUT2D eigenvalue weighted by Gasteiger charge is -2.20. The summed E-state index contributed by atoms with van der Waals surface area (Å²) in [6.07, 6.45) is 0. The standard InChI is InChI=1S/C20H10O2/c21-19-17-13-7-3-4-8-14(13)18(20(19)22)16-10-12-6-2-1-5-11(12)9-15(16)17/h1-10H. The fourth-order valence-electron chi connectivity index (χ4n) is 3.58. The average molecular weight is 282 g/mol. The van der Waals surface area contributed by atoms with E-state index in [0.29, 0.717) is 11.1 Å². The molecule has 0 heterocycles. The Bertz CT molecular complexity index is 1060. The zero-order valence-electron chi connectivity index (χ0n) is 11.6. The molecule has 2 nitrogen and oxygen atoms in total. The molecule has 0 spiro atoms. The fourth-order valence-corrected chi connectivity index (χ4v) is 3.58. The first kappa shape index (κ1) is 11.6. The van der Waals surface area contributed by atoms with Crippen LogP contribution in [-0.2, 0) is 0 Å². The van der Waals surface area contributed by atoms with Crippen LogP contribution in [0.3, 0.4) is 0 Å². The second-order valence-electron chi connectivity index (χ2n) is 5.70. The van der Waals surface area contributed by atoms with Gasteiger partial charge < -0.3 is 0 Å². The number of fused-ring (bicyclic) bond motifs is 2. The lowest BCUT2D eigenvalue weighted by atomic mass is 9.79. The van der Waals surface area contributed by atoms with Crippen LogP contribution in [0.4, 0.5) is 0 Å². The predicted octanol–water partition coefficient (Wildman–Crippen LogP) is 4.53. The van der Waals surface area contributed by atoms with E-state index in [0.717, 1.165) is 32.3 Å². The quantitative estimate of drug-likeness (QED) is 0.351. The first-order valence-electron chi connectivity index (χ1n) is 7.22. The largest absolute Gasteiger partial charge is 0.285 e. The number of benzene rings is 4. The van der Waals surface area contributed by atoms with Gasteiger partial charge in [-0.15, -0.1) is 0 Å². The molecule has 0 radical (unpaired) electrons. The van der Waals surface area contributed by atoms with Crippen LogP contribution in [0.1, 0.15) is 20.7 Å². The molecule has 102 valence electrons. The van der Waals surface area contributed by atoms with Crippen LogP contribution in [0.2, 0.25) is 0 Å². The SMILES string of the molecule is O=C1C(=O)c2c3ccccc3c1c1cc3ccccc3cc21. The van der Waals surface area contributed by atoms with E-state index in [1.165, 1.54) is 0 Å². The van der Waals surface area contributed by atoms with E-state index in [9.17, 15) is 9.59 Å². The molecule has 2 bridgehead atoms. The smallest absolute Gasteiger partial charge is 0.234 e. The summed E-state index contributed by atoms with van der Waals surface area (Å²) < 4.78 is 0. The Hall–Kier alpha value is -3.00. The number of ketones is 2. The Morgan fingerprint density at radius 1 is 0.500 bits per heavy atom. The van der Waals surface area contributed by atoms with E-state index >= 15 is 0 Å². The van der Waals surface area contributed by atoms with Gasteiger partial charge in [0.05, 0.1) is 0 Å². The fraction of sp³-hybridized carbons (Fsp3) is 0. The summed E-state index contributed by atoms with van der Waals surface area (Å²) in [5.41, 5.74) is 1.10. The van der Waals surface area contributed by atoms with Gasteiger partial charge in [-0.3, -0.25) is 9.59 Å². The number of Topliss-reactive ketones (excluding diaryl/α,β-unsaturated/α-hetero) is 2. The number of carbonyl (C=O) groups excluding carboxylic acids is 2. The van der Waals surface area contributed by atoms with Gasteiger partial charge in [0.1, 0.15) is 0 Å². The van der Waals surface area contributed by atoms with Crippen molar-refractivity contribution in [1.82, 2.24) is 0 Å². The maximum absolute atomic E-state index is 12.4. The van der Waals surface area contributed by atoms with Crippen LogP contribution in [-0.4, -0.2) is 11.6 Å². The van der Waals surface area contributed by atoms with Gasteiger partial charge in [-0.25, -0.2) is 0 Å². The molecule has 4 aromatic carbocycles. The molecule has 0 saturated heterocycles. The molecule has 0 atom stereocenters. The van der Waals surface area contributed by atoms with Crippen LogP contribution in [0, 0.1) is 0 Å². The molecule has 4 aromatic rings. The summed E-state index contributed by atoms with van der Waals surface area (Å²) in [5.74, 6) is -0.757. The van der Waals surface area contributed by atoms with E-state index < -0.39 is 0 Å². The monoisotopic (exact) mass is 282 g/mol. The van der Waals surface area contributed by atoms with Gasteiger partial charge in [-0.1, -0.05) is 48.5 Å². The minimum Gasteiger partial charge on any atom is -0.285 e. The van der Waals surface area contributed by atoms with Gasteiger partial charge in [0.15, 0.2) is 0 Å². The zero-order chi connectivity index (χ0) is 14.8. The number of carbonyl (C=O) groups is 2. The molecular weight excluding hydrogens is 272 g/mol. The zero-order valence-corrected chi connectivity index (χ0v) is 11.6. The summed E-state index contributed by atoms with van der Waals surface area (Å²) in [5, 5.41) is 5.70. The molecule has 0 amide bonds. The Kier molecular flexibility index (Phi) is 2.01. The molecule has 0 fully saturated rings. The van der Waals surface area contributed by atoms with E-state index in [1.807, 2.05) is 60.7 Å². The van der Waals surface area contributed by atoms with Crippen molar-refractivity contribution in [3.63, 3.8) is 0 Å². The minimum atomic E-state index is -0.378. The van der Waals surface area contributed by atoms with Crippen molar-refractivity contribution in [1.29, 1.82) is 0 Å². The van der Waals surface area contributed by atoms with Crippen LogP contribution in [0.15, 0.2) is 60.7 Å². The van der Waals surface area contributed by atoms with Crippen molar-refractivity contribution >= 4 is 43.9 Å². The Morgan fingerprint density at radius 2 is 0.909 bits per heavy atom. The molecule has 6 rings (SSSR count). The van der Waals surface area contributed by atoms with Crippen molar-refractivity contribution in [3.05, 3.63) is 71.8 Å². The first-order valence-corrected chi connectivity index (χ1v) is 7.22. The Labute approximate surface area is 126 Å². The van der Waals surface area contributed by atoms with Crippen LogP contribution in [0.5, 0.6) is 0 Å². The van der Waals surface area contributed by atoms with Gasteiger partial charge >= 0.3 is 0 Å². The van der Waals surface area contributed by atoms with Crippen molar-refractivity contribution in [2.24, 2.45) is 0 Å². The van der Waals surface area contributed by atoms with Gasteiger partial charge in [0.2, 0.25) is 11.6 Å². The molecule has 0 saturated carbocycles. The molecule has 0 N–H and O–H groups in total. The predicted molar refractivity (Wildman–Crippen MR) is 87.6 cm³/mol. The first-order chi connectivity index (χ1) is 10.8. The molecule has 2 aliphatic carbocycles. The summed E-state index contributed by atoms with van der Waals surface area (Å²) in [6, 6.07) is 19.7. The number of hydrogen-bond donors (Lipinski definition) is 0. The third kappa shape index (κ3) is 1.25. The summed E-state index contributed by atoms with van der Waals surface area (Å²) in [7, 11) is 0. The average Bonchev–Trinajstić information content (AvgIpc) is 2.56. The van der Waals surface area contributed by atoms with Gasteiger partial charge in [0.25, 0.3) is 0 Å².